The van der Waals surface area contributed by atoms with Gasteiger partial charge in [0.15, 0.2) is 5.75 Å². The third-order valence-electron chi connectivity index (χ3n) is 3.58. The average molecular weight is 412 g/mol. The number of amides is 2. The van der Waals surface area contributed by atoms with E-state index in [4.69, 9.17) is 27.9 Å². The van der Waals surface area contributed by atoms with Crippen molar-refractivity contribution < 1.29 is 19.2 Å². The predicted molar refractivity (Wildman–Crippen MR) is 102 cm³/mol. The maximum atomic E-state index is 12.5. The Bertz CT molecular complexity index is 884. The number of nitrogens with zero attached hydrogens (tertiary/aromatic N) is 2. The minimum atomic E-state index is -0.651. The number of likely N-dealkylation sites (N-methyl/N-ethyl adjacent to an activating group) is 1. The second-order valence-electron chi connectivity index (χ2n) is 5.45. The van der Waals surface area contributed by atoms with Crippen LogP contribution in [0.15, 0.2) is 36.4 Å². The molecular weight excluding hydrogens is 397 g/mol. The summed E-state index contributed by atoms with van der Waals surface area (Å²) >= 11 is 12.0. The summed E-state index contributed by atoms with van der Waals surface area (Å²) in [5, 5.41) is 14.1. The molecule has 0 spiro atoms. The number of halogens is 2. The number of carbonyl (C=O) groups is 2. The fourth-order valence-corrected chi connectivity index (χ4v) is 2.76. The van der Waals surface area contributed by atoms with Gasteiger partial charge in [0.25, 0.3) is 5.91 Å². The number of carbonyl (C=O) groups excluding carboxylic acids is 2. The van der Waals surface area contributed by atoms with Gasteiger partial charge in [-0.05, 0) is 24.3 Å². The Kier molecular flexibility index (Phi) is 6.59. The number of ether oxygens (including phenoxy) is 1. The van der Waals surface area contributed by atoms with Crippen molar-refractivity contribution in [2.75, 3.05) is 26.0 Å². The first-order valence-corrected chi connectivity index (χ1v) is 8.32. The molecule has 0 unspecified atom stereocenters. The summed E-state index contributed by atoms with van der Waals surface area (Å²) in [4.78, 5) is 36.2. The molecule has 0 aliphatic carbocycles. The molecule has 2 aromatic carbocycles. The van der Waals surface area contributed by atoms with Crippen molar-refractivity contribution in [1.82, 2.24) is 4.90 Å². The largest absolute Gasteiger partial charge is 0.490 e. The Labute approximate surface area is 164 Å². The van der Waals surface area contributed by atoms with Crippen LogP contribution in [-0.2, 0) is 4.79 Å². The van der Waals surface area contributed by atoms with Gasteiger partial charge in [0.2, 0.25) is 5.91 Å². The number of nitrogens with one attached hydrogen (secondary N) is 1. The molecule has 0 aliphatic heterocycles. The van der Waals surface area contributed by atoms with Gasteiger partial charge in [-0.1, -0.05) is 29.3 Å². The third-order valence-corrected chi connectivity index (χ3v) is 4.21. The number of nitro benzene ring substituents is 1. The van der Waals surface area contributed by atoms with E-state index < -0.39 is 16.7 Å². The molecule has 0 radical (unpaired) electrons. The van der Waals surface area contributed by atoms with Gasteiger partial charge in [-0.3, -0.25) is 19.7 Å². The molecule has 0 heterocycles. The van der Waals surface area contributed by atoms with E-state index in [1.165, 1.54) is 26.3 Å². The highest BCUT2D eigenvalue weighted by Crippen LogP contribution is 2.30. The first kappa shape index (κ1) is 20.5. The van der Waals surface area contributed by atoms with Crippen molar-refractivity contribution in [3.05, 3.63) is 62.1 Å². The Morgan fingerprint density at radius 2 is 1.85 bits per heavy atom. The zero-order valence-corrected chi connectivity index (χ0v) is 15.9. The van der Waals surface area contributed by atoms with Crippen molar-refractivity contribution in [2.45, 2.75) is 0 Å². The summed E-state index contributed by atoms with van der Waals surface area (Å²) < 4.78 is 4.90. The number of para-hydroxylation sites is 1. The summed E-state index contributed by atoms with van der Waals surface area (Å²) in [6.45, 7) is -0.305. The van der Waals surface area contributed by atoms with Gasteiger partial charge in [-0.25, -0.2) is 0 Å². The number of rotatable bonds is 6. The van der Waals surface area contributed by atoms with Gasteiger partial charge in [0.05, 0.1) is 34.3 Å². The van der Waals surface area contributed by atoms with E-state index in [1.807, 2.05) is 0 Å². The molecule has 1 N–H and O–H groups in total. The molecule has 0 saturated heterocycles. The van der Waals surface area contributed by atoms with Crippen molar-refractivity contribution in [1.29, 1.82) is 0 Å². The summed E-state index contributed by atoms with van der Waals surface area (Å²) in [6, 6.07) is 8.56. The van der Waals surface area contributed by atoms with Gasteiger partial charge >= 0.3 is 5.69 Å². The molecule has 2 rings (SSSR count). The second kappa shape index (κ2) is 8.70. The number of methoxy groups -OCH3 is 1. The van der Waals surface area contributed by atoms with Gasteiger partial charge in [0.1, 0.15) is 0 Å². The zero-order valence-electron chi connectivity index (χ0n) is 14.4. The van der Waals surface area contributed by atoms with Crippen LogP contribution in [0.3, 0.4) is 0 Å². The summed E-state index contributed by atoms with van der Waals surface area (Å²) in [6.07, 6.45) is 0. The highest BCUT2D eigenvalue weighted by Gasteiger charge is 2.21. The fraction of sp³-hybridized carbons (Fsp3) is 0.176. The molecule has 10 heteroatoms. The quantitative estimate of drug-likeness (QED) is 0.577. The van der Waals surface area contributed by atoms with Crippen LogP contribution in [0, 0.1) is 10.1 Å². The lowest BCUT2D eigenvalue weighted by molar-refractivity contribution is -0.385. The molecule has 0 atom stereocenters. The van der Waals surface area contributed by atoms with E-state index in [0.717, 1.165) is 11.0 Å². The van der Waals surface area contributed by atoms with E-state index in [9.17, 15) is 19.7 Å². The van der Waals surface area contributed by atoms with Crippen molar-refractivity contribution in [2.24, 2.45) is 0 Å². The lowest BCUT2D eigenvalue weighted by Gasteiger charge is -2.17. The maximum absolute atomic E-state index is 12.5. The van der Waals surface area contributed by atoms with E-state index >= 15 is 0 Å². The van der Waals surface area contributed by atoms with Crippen molar-refractivity contribution in [3.63, 3.8) is 0 Å². The van der Waals surface area contributed by atoms with Gasteiger partial charge < -0.3 is 15.0 Å². The predicted octanol–water partition coefficient (Wildman–Crippen LogP) is 3.62. The molecule has 27 heavy (non-hydrogen) atoms. The van der Waals surface area contributed by atoms with E-state index in [1.54, 1.807) is 18.2 Å². The Morgan fingerprint density at radius 1 is 1.22 bits per heavy atom. The van der Waals surface area contributed by atoms with Crippen LogP contribution >= 0.6 is 23.2 Å². The first-order chi connectivity index (χ1) is 12.7. The molecular formula is C17H15Cl2N3O5. The van der Waals surface area contributed by atoms with Gasteiger partial charge in [-0.2, -0.15) is 0 Å². The van der Waals surface area contributed by atoms with E-state index in [-0.39, 0.29) is 39.3 Å². The lowest BCUT2D eigenvalue weighted by Crippen LogP contribution is -2.35. The van der Waals surface area contributed by atoms with Crippen LogP contribution < -0.4 is 10.1 Å². The molecule has 0 aliphatic rings. The molecule has 0 bridgehead atoms. The summed E-state index contributed by atoms with van der Waals surface area (Å²) in [5.74, 6) is -1.06. The molecule has 0 fully saturated rings. The number of hydrogen-bond acceptors (Lipinski definition) is 5. The Hall–Kier alpha value is -2.84. The molecule has 0 aromatic heterocycles. The highest BCUT2D eigenvalue weighted by molar-refractivity contribution is 6.39. The van der Waals surface area contributed by atoms with Crippen LogP contribution in [0.5, 0.6) is 5.75 Å². The van der Waals surface area contributed by atoms with Crippen LogP contribution in [0.25, 0.3) is 0 Å². The van der Waals surface area contributed by atoms with Gasteiger partial charge in [0, 0.05) is 18.7 Å². The molecule has 0 saturated carbocycles. The molecule has 2 amide bonds. The van der Waals surface area contributed by atoms with Gasteiger partial charge in [-0.15, -0.1) is 0 Å². The molecule has 142 valence electrons. The van der Waals surface area contributed by atoms with E-state index in [0.29, 0.717) is 0 Å². The highest BCUT2D eigenvalue weighted by atomic mass is 35.5. The van der Waals surface area contributed by atoms with Crippen LogP contribution in [0.2, 0.25) is 10.0 Å². The summed E-state index contributed by atoms with van der Waals surface area (Å²) in [5.41, 5.74) is -0.0515. The SMILES string of the molecule is COc1ccc(C(=O)N(C)CC(=O)Nc2c(Cl)cccc2Cl)cc1[N+](=O)[O-]. The molecule has 8 nitrogen and oxygen atoms in total. The molecule has 2 aromatic rings. The fourth-order valence-electron chi connectivity index (χ4n) is 2.27. The second-order valence-corrected chi connectivity index (χ2v) is 6.26. The minimum absolute atomic E-state index is 0.0327. The normalized spacial score (nSPS) is 10.2. The number of nitro groups is 1. The van der Waals surface area contributed by atoms with Crippen molar-refractivity contribution in [3.8, 4) is 5.75 Å². The topological polar surface area (TPSA) is 102 Å². The first-order valence-electron chi connectivity index (χ1n) is 7.56. The Morgan fingerprint density at radius 3 is 2.41 bits per heavy atom. The number of hydrogen-bond donors (Lipinski definition) is 1. The smallest absolute Gasteiger partial charge is 0.311 e. The number of anilines is 1. The zero-order chi connectivity index (χ0) is 20.1. The third kappa shape index (κ3) is 4.87. The Balaban J connectivity index is 2.12. The monoisotopic (exact) mass is 411 g/mol. The van der Waals surface area contributed by atoms with Crippen LogP contribution in [0.4, 0.5) is 11.4 Å². The van der Waals surface area contributed by atoms with Crippen molar-refractivity contribution >= 4 is 46.4 Å². The lowest BCUT2D eigenvalue weighted by atomic mass is 10.1. The average Bonchev–Trinajstić information content (AvgIpc) is 2.63. The van der Waals surface area contributed by atoms with Crippen LogP contribution in [-0.4, -0.2) is 42.3 Å². The number of benzene rings is 2. The minimum Gasteiger partial charge on any atom is -0.490 e. The standard InChI is InChI=1S/C17H15Cl2N3O5/c1-21(9-15(23)20-16-11(18)4-3-5-12(16)19)17(24)10-6-7-14(27-2)13(8-10)22(25)26/h3-8H,9H2,1-2H3,(H,20,23). The summed E-state index contributed by atoms with van der Waals surface area (Å²) in [7, 11) is 2.69. The van der Waals surface area contributed by atoms with Crippen LogP contribution in [0.1, 0.15) is 10.4 Å². The van der Waals surface area contributed by atoms with E-state index in [2.05, 4.69) is 5.32 Å². The maximum Gasteiger partial charge on any atom is 0.311 e.